The molecule has 1 aromatic carbocycles. The molecule has 1 fully saturated rings. The summed E-state index contributed by atoms with van der Waals surface area (Å²) < 4.78 is 1.60. The number of likely N-dealkylation sites (tertiary alicyclic amines) is 1. The quantitative estimate of drug-likeness (QED) is 0.689. The third-order valence-electron chi connectivity index (χ3n) is 5.41. The highest BCUT2D eigenvalue weighted by molar-refractivity contribution is 5.81. The Labute approximate surface area is 174 Å². The van der Waals surface area contributed by atoms with Crippen LogP contribution in [0.1, 0.15) is 25.8 Å². The first-order chi connectivity index (χ1) is 14.4. The Morgan fingerprint density at radius 1 is 1.10 bits per heavy atom. The highest BCUT2D eigenvalue weighted by Gasteiger charge is 2.25. The van der Waals surface area contributed by atoms with Crippen LogP contribution in [0.2, 0.25) is 0 Å². The molecule has 2 amide bonds. The minimum atomic E-state index is -1.21. The number of carboxylic acid groups (broad SMARTS) is 1. The van der Waals surface area contributed by atoms with E-state index in [0.717, 1.165) is 29.9 Å². The fraction of sp³-hybridized carbons (Fsp3) is 0.364. The second-order valence-corrected chi connectivity index (χ2v) is 8.17. The van der Waals surface area contributed by atoms with Gasteiger partial charge in [-0.1, -0.05) is 44.2 Å². The highest BCUT2D eigenvalue weighted by Crippen LogP contribution is 2.24. The molecule has 1 aliphatic heterocycles. The van der Waals surface area contributed by atoms with Crippen LogP contribution in [0.15, 0.2) is 42.5 Å². The molecule has 3 aromatic rings. The summed E-state index contributed by atoms with van der Waals surface area (Å²) in [4.78, 5) is 29.7. The Hall–Kier alpha value is -3.42. The van der Waals surface area contributed by atoms with E-state index in [4.69, 9.17) is 5.11 Å². The third kappa shape index (κ3) is 4.27. The molecule has 2 atom stereocenters. The number of nitrogens with one attached hydrogen (secondary N) is 1. The number of aromatic nitrogens is 3. The van der Waals surface area contributed by atoms with Crippen molar-refractivity contribution in [1.82, 2.24) is 19.5 Å². The van der Waals surface area contributed by atoms with Crippen LogP contribution in [0.3, 0.4) is 0 Å². The van der Waals surface area contributed by atoms with Gasteiger partial charge in [-0.3, -0.25) is 10.1 Å². The number of amides is 2. The minimum Gasteiger partial charge on any atom is -0.465 e. The van der Waals surface area contributed by atoms with E-state index in [0.29, 0.717) is 23.9 Å². The van der Waals surface area contributed by atoms with Gasteiger partial charge in [0.05, 0.1) is 12.1 Å². The monoisotopic (exact) mass is 407 g/mol. The molecular weight excluding hydrogens is 382 g/mol. The van der Waals surface area contributed by atoms with Crippen molar-refractivity contribution in [2.24, 2.45) is 11.8 Å². The van der Waals surface area contributed by atoms with Gasteiger partial charge >= 0.3 is 6.09 Å². The number of nitrogens with zero attached hydrogens (tertiary/aromatic N) is 4. The predicted molar refractivity (Wildman–Crippen MR) is 113 cm³/mol. The highest BCUT2D eigenvalue weighted by atomic mass is 16.4. The van der Waals surface area contributed by atoms with Gasteiger partial charge in [0, 0.05) is 18.7 Å². The van der Waals surface area contributed by atoms with Crippen LogP contribution in [-0.4, -0.2) is 49.7 Å². The summed E-state index contributed by atoms with van der Waals surface area (Å²) >= 11 is 0. The maximum atomic E-state index is 12.7. The van der Waals surface area contributed by atoms with E-state index >= 15 is 0 Å². The number of anilines is 1. The average Bonchev–Trinajstić information content (AvgIpc) is 3.09. The van der Waals surface area contributed by atoms with Gasteiger partial charge in [0.25, 0.3) is 5.95 Å². The first-order valence-corrected chi connectivity index (χ1v) is 10.1. The molecule has 2 unspecified atom stereocenters. The van der Waals surface area contributed by atoms with Gasteiger partial charge < -0.3 is 10.0 Å². The smallest absolute Gasteiger partial charge is 0.411 e. The molecule has 30 heavy (non-hydrogen) atoms. The molecule has 0 radical (unpaired) electrons. The largest absolute Gasteiger partial charge is 0.465 e. The lowest BCUT2D eigenvalue weighted by atomic mass is 9.91. The van der Waals surface area contributed by atoms with Crippen LogP contribution in [-0.2, 0) is 11.2 Å². The number of benzene rings is 1. The number of piperidine rings is 1. The molecule has 0 spiro atoms. The van der Waals surface area contributed by atoms with Crippen LogP contribution in [0, 0.1) is 11.8 Å². The normalized spacial score (nSPS) is 19.1. The molecule has 3 heterocycles. The fourth-order valence-electron chi connectivity index (χ4n) is 4.22. The number of carbonyl (C=O) groups excluding carboxylic acids is 1. The Balaban J connectivity index is 1.52. The lowest BCUT2D eigenvalue weighted by Crippen LogP contribution is -2.43. The van der Waals surface area contributed by atoms with Gasteiger partial charge in [-0.2, -0.15) is 4.98 Å². The first-order valence-electron chi connectivity index (χ1n) is 10.1. The number of fused-ring (bicyclic) bond motifs is 1. The number of rotatable bonds is 4. The minimum absolute atomic E-state index is 0.0298. The molecule has 1 aliphatic rings. The maximum absolute atomic E-state index is 12.7. The molecule has 8 heteroatoms. The molecule has 0 aliphatic carbocycles. The van der Waals surface area contributed by atoms with Crippen molar-refractivity contribution < 1.29 is 14.7 Å². The summed E-state index contributed by atoms with van der Waals surface area (Å²) in [6.07, 6.45) is 0.356. The predicted octanol–water partition coefficient (Wildman–Crippen LogP) is 3.53. The molecule has 1 saturated heterocycles. The van der Waals surface area contributed by atoms with E-state index in [-0.39, 0.29) is 11.9 Å². The van der Waals surface area contributed by atoms with Crippen molar-refractivity contribution in [2.75, 3.05) is 18.4 Å². The van der Waals surface area contributed by atoms with Gasteiger partial charge in [-0.15, -0.1) is 5.10 Å². The van der Waals surface area contributed by atoms with Gasteiger partial charge in [-0.05, 0) is 36.0 Å². The summed E-state index contributed by atoms with van der Waals surface area (Å²) in [5.41, 5.74) is 3.20. The van der Waals surface area contributed by atoms with Crippen molar-refractivity contribution in [3.63, 3.8) is 0 Å². The van der Waals surface area contributed by atoms with E-state index < -0.39 is 6.09 Å². The number of hydrogen-bond donors (Lipinski definition) is 2. The second kappa shape index (κ2) is 8.14. The Morgan fingerprint density at radius 3 is 2.47 bits per heavy atom. The van der Waals surface area contributed by atoms with E-state index in [9.17, 15) is 9.59 Å². The molecule has 2 N–H and O–H groups in total. The molecule has 8 nitrogen and oxygen atoms in total. The zero-order chi connectivity index (χ0) is 21.3. The maximum Gasteiger partial charge on any atom is 0.411 e. The molecule has 4 rings (SSSR count). The Morgan fingerprint density at radius 2 is 1.80 bits per heavy atom. The summed E-state index contributed by atoms with van der Waals surface area (Å²) in [7, 11) is 0. The zero-order valence-corrected chi connectivity index (χ0v) is 17.1. The third-order valence-corrected chi connectivity index (χ3v) is 5.41. The topological polar surface area (TPSA) is 99.8 Å². The zero-order valence-electron chi connectivity index (χ0n) is 17.1. The molecule has 156 valence electrons. The lowest BCUT2D eigenvalue weighted by Gasteiger charge is -2.35. The van der Waals surface area contributed by atoms with Crippen LogP contribution >= 0.6 is 0 Å². The van der Waals surface area contributed by atoms with E-state index in [1.165, 1.54) is 6.42 Å². The van der Waals surface area contributed by atoms with Crippen molar-refractivity contribution in [3.8, 4) is 11.3 Å². The molecular formula is C22H25N5O3. The lowest BCUT2D eigenvalue weighted by molar-refractivity contribution is -0.133. The van der Waals surface area contributed by atoms with Crippen LogP contribution < -0.4 is 5.32 Å². The van der Waals surface area contributed by atoms with Crippen molar-refractivity contribution >= 4 is 23.6 Å². The first kappa shape index (κ1) is 19.9. The van der Waals surface area contributed by atoms with Gasteiger partial charge in [-0.25, -0.2) is 9.31 Å². The van der Waals surface area contributed by atoms with E-state index in [1.807, 2.05) is 41.3 Å². The molecule has 0 saturated carbocycles. The van der Waals surface area contributed by atoms with Crippen LogP contribution in [0.25, 0.3) is 16.9 Å². The summed E-state index contributed by atoms with van der Waals surface area (Å²) in [6, 6.07) is 13.3. The second-order valence-electron chi connectivity index (χ2n) is 8.17. The van der Waals surface area contributed by atoms with Crippen molar-refractivity contribution in [1.29, 1.82) is 0 Å². The van der Waals surface area contributed by atoms with Gasteiger partial charge in [0.15, 0.2) is 5.65 Å². The summed E-state index contributed by atoms with van der Waals surface area (Å²) in [6.45, 7) is 6.07. The van der Waals surface area contributed by atoms with E-state index in [2.05, 4.69) is 29.2 Å². The van der Waals surface area contributed by atoms with Crippen molar-refractivity contribution in [3.05, 3.63) is 48.0 Å². The summed E-state index contributed by atoms with van der Waals surface area (Å²) in [5.74, 6) is 1.29. The Bertz CT molecular complexity index is 1070. The van der Waals surface area contributed by atoms with Crippen molar-refractivity contribution in [2.45, 2.75) is 26.7 Å². The van der Waals surface area contributed by atoms with Gasteiger partial charge in [0.2, 0.25) is 5.91 Å². The standard InChI is InChI=1S/C22H25N5O3/c1-14-10-15(2)13-26(12-14)20(28)11-16-6-8-17(9-7-16)18-4-3-5-19-23-21(24-22(29)30)25-27(18)19/h3-9,14-15H,10-13H2,1-2H3,(H,24,25)(H,29,30). The fourth-order valence-corrected chi connectivity index (χ4v) is 4.22. The van der Waals surface area contributed by atoms with Crippen LogP contribution in [0.4, 0.5) is 10.7 Å². The summed E-state index contributed by atoms with van der Waals surface area (Å²) in [5, 5.41) is 15.3. The number of pyridine rings is 1. The average molecular weight is 407 g/mol. The van der Waals surface area contributed by atoms with E-state index in [1.54, 1.807) is 10.6 Å². The molecule has 0 bridgehead atoms. The SMILES string of the molecule is CC1CC(C)CN(C(=O)Cc2ccc(-c3cccc4nc(NC(=O)O)nn34)cc2)C1. The Kier molecular flexibility index (Phi) is 5.39. The number of hydrogen-bond acceptors (Lipinski definition) is 4. The molecule has 2 aromatic heterocycles. The van der Waals surface area contributed by atoms with Crippen LogP contribution in [0.5, 0.6) is 0 Å². The number of carbonyl (C=O) groups is 2. The van der Waals surface area contributed by atoms with Gasteiger partial charge in [0.1, 0.15) is 0 Å².